The first-order valence-electron chi connectivity index (χ1n) is 7.46. The van der Waals surface area contributed by atoms with Gasteiger partial charge in [-0.1, -0.05) is 84.0 Å². The van der Waals surface area contributed by atoms with E-state index < -0.39 is 0 Å². The largest absolute Gasteiger partial charge is 0.508 e. The molecule has 0 radical (unpaired) electrons. The van der Waals surface area contributed by atoms with E-state index in [1.54, 1.807) is 24.3 Å². The molecule has 2 rings (SSSR count). The molecule has 1 heteroatoms. The predicted molar refractivity (Wildman–Crippen MR) is 91.9 cm³/mol. The molecule has 0 amide bonds. The minimum absolute atomic E-state index is 0.251. The van der Waals surface area contributed by atoms with Crippen LogP contribution in [0.3, 0.4) is 0 Å². The molecule has 2 aromatic carbocycles. The molecule has 0 aliphatic rings. The van der Waals surface area contributed by atoms with E-state index in [2.05, 4.69) is 65.8 Å². The second-order valence-electron chi connectivity index (χ2n) is 7.42. The maximum Gasteiger partial charge on any atom is 0.115 e. The summed E-state index contributed by atoms with van der Waals surface area (Å²) in [6, 6.07) is 17.6. The number of phenolic OH excluding ortho intramolecular Hbond substituents is 1. The van der Waals surface area contributed by atoms with Crippen LogP contribution in [0, 0.1) is 0 Å². The van der Waals surface area contributed by atoms with Crippen molar-refractivity contribution in [1.29, 1.82) is 0 Å². The Kier molecular flexibility index (Phi) is 5.60. The molecule has 0 saturated carbocycles. The first kappa shape index (κ1) is 17.3. The summed E-state index contributed by atoms with van der Waals surface area (Å²) in [5, 5.41) is 8.63. The lowest BCUT2D eigenvalue weighted by Gasteiger charge is -2.24. The molecule has 0 aliphatic heterocycles. The lowest BCUT2D eigenvalue weighted by atomic mass is 9.81. The maximum absolute atomic E-state index is 8.63. The Bertz CT molecular complexity index is 513. The van der Waals surface area contributed by atoms with Crippen LogP contribution in [-0.4, -0.2) is 5.11 Å². The van der Waals surface area contributed by atoms with E-state index >= 15 is 0 Å². The maximum atomic E-state index is 8.63. The topological polar surface area (TPSA) is 20.2 Å². The van der Waals surface area contributed by atoms with Crippen LogP contribution in [0.5, 0.6) is 5.75 Å². The normalized spacial score (nSPS) is 11.5. The molecule has 2 aromatic rings. The van der Waals surface area contributed by atoms with Gasteiger partial charge in [-0.05, 0) is 34.1 Å². The van der Waals surface area contributed by atoms with Gasteiger partial charge in [-0.2, -0.15) is 0 Å². The van der Waals surface area contributed by atoms with E-state index in [9.17, 15) is 0 Å². The molecule has 0 heterocycles. The molecule has 1 N–H and O–H groups in total. The van der Waals surface area contributed by atoms with Gasteiger partial charge in [0.2, 0.25) is 0 Å². The second-order valence-corrected chi connectivity index (χ2v) is 7.42. The highest BCUT2D eigenvalue weighted by Crippen LogP contribution is 2.28. The van der Waals surface area contributed by atoms with Gasteiger partial charge in [0.25, 0.3) is 0 Å². The smallest absolute Gasteiger partial charge is 0.115 e. The highest BCUT2D eigenvalue weighted by Gasteiger charge is 2.18. The van der Waals surface area contributed by atoms with Crippen LogP contribution in [0.2, 0.25) is 0 Å². The molecule has 114 valence electrons. The Labute approximate surface area is 129 Å². The quantitative estimate of drug-likeness (QED) is 0.660. The molecular weight excluding hydrogens is 256 g/mol. The van der Waals surface area contributed by atoms with Gasteiger partial charge in [0.1, 0.15) is 5.75 Å². The van der Waals surface area contributed by atoms with Crippen molar-refractivity contribution in [3.05, 3.63) is 65.7 Å². The third kappa shape index (κ3) is 6.03. The first-order valence-corrected chi connectivity index (χ1v) is 7.46. The third-order valence-electron chi connectivity index (χ3n) is 3.35. The summed E-state index contributed by atoms with van der Waals surface area (Å²) in [6.45, 7) is 13.6. The average molecular weight is 284 g/mol. The number of benzene rings is 2. The number of aromatic hydroxyl groups is 1. The van der Waals surface area contributed by atoms with Crippen molar-refractivity contribution in [3.8, 4) is 5.75 Å². The lowest BCUT2D eigenvalue weighted by Crippen LogP contribution is -2.15. The van der Waals surface area contributed by atoms with Gasteiger partial charge >= 0.3 is 0 Å². The molecule has 1 nitrogen and oxygen atoms in total. The number of phenols is 1. The zero-order chi connectivity index (χ0) is 16.1. The van der Waals surface area contributed by atoms with E-state index in [0.717, 1.165) is 0 Å². The molecule has 21 heavy (non-hydrogen) atoms. The highest BCUT2D eigenvalue weighted by molar-refractivity contribution is 5.32. The van der Waals surface area contributed by atoms with Gasteiger partial charge in [0.05, 0.1) is 0 Å². The summed E-state index contributed by atoms with van der Waals surface area (Å²) < 4.78 is 0. The van der Waals surface area contributed by atoms with Gasteiger partial charge in [-0.15, -0.1) is 0 Å². The van der Waals surface area contributed by atoms with Crippen LogP contribution in [0.4, 0.5) is 0 Å². The fourth-order valence-corrected chi connectivity index (χ4v) is 1.88. The number of hydrogen-bond donors (Lipinski definition) is 1. The Morgan fingerprint density at radius 2 is 1.05 bits per heavy atom. The van der Waals surface area contributed by atoms with Crippen LogP contribution >= 0.6 is 0 Å². The van der Waals surface area contributed by atoms with E-state index in [1.165, 1.54) is 11.1 Å². The van der Waals surface area contributed by atoms with Gasteiger partial charge in [0.15, 0.2) is 0 Å². The van der Waals surface area contributed by atoms with Gasteiger partial charge < -0.3 is 5.11 Å². The van der Waals surface area contributed by atoms with Crippen molar-refractivity contribution in [2.24, 2.45) is 0 Å². The summed E-state index contributed by atoms with van der Waals surface area (Å²) in [6.07, 6.45) is 0. The summed E-state index contributed by atoms with van der Waals surface area (Å²) in [4.78, 5) is 0. The van der Waals surface area contributed by atoms with Crippen molar-refractivity contribution < 1.29 is 5.11 Å². The van der Waals surface area contributed by atoms with Crippen LogP contribution in [0.15, 0.2) is 54.6 Å². The van der Waals surface area contributed by atoms with Gasteiger partial charge in [0, 0.05) is 0 Å². The summed E-state index contributed by atoms with van der Waals surface area (Å²) >= 11 is 0. The van der Waals surface area contributed by atoms with Crippen molar-refractivity contribution >= 4 is 0 Å². The van der Waals surface area contributed by atoms with Crippen molar-refractivity contribution in [3.63, 3.8) is 0 Å². The lowest BCUT2D eigenvalue weighted by molar-refractivity contribution is 0.475. The van der Waals surface area contributed by atoms with Gasteiger partial charge in [-0.25, -0.2) is 0 Å². The molecule has 0 atom stereocenters. The van der Waals surface area contributed by atoms with Crippen LogP contribution in [-0.2, 0) is 10.8 Å². The summed E-state index contributed by atoms with van der Waals surface area (Å²) in [5.41, 5.74) is 3.34. The van der Waals surface area contributed by atoms with E-state index in [0.29, 0.717) is 5.75 Å². The Balaban J connectivity index is 0.000000262. The van der Waals surface area contributed by atoms with Crippen molar-refractivity contribution in [1.82, 2.24) is 0 Å². The number of rotatable bonds is 0. The highest BCUT2D eigenvalue weighted by atomic mass is 16.3. The van der Waals surface area contributed by atoms with Gasteiger partial charge in [-0.3, -0.25) is 0 Å². The van der Waals surface area contributed by atoms with Crippen LogP contribution in [0.1, 0.15) is 52.7 Å². The number of para-hydroxylation sites is 1. The second kappa shape index (κ2) is 6.80. The Morgan fingerprint density at radius 3 is 1.33 bits per heavy atom. The zero-order valence-corrected chi connectivity index (χ0v) is 14.1. The summed E-state index contributed by atoms with van der Waals surface area (Å²) in [5.74, 6) is 0.322. The van der Waals surface area contributed by atoms with Crippen molar-refractivity contribution in [2.45, 2.75) is 52.4 Å². The molecular formula is C20H28O. The third-order valence-corrected chi connectivity index (χ3v) is 3.35. The number of hydrogen-bond acceptors (Lipinski definition) is 1. The molecule has 0 spiro atoms. The Morgan fingerprint density at radius 1 is 0.619 bits per heavy atom. The minimum atomic E-state index is 0.251. The fraction of sp³-hybridized carbons (Fsp3) is 0.400. The van der Waals surface area contributed by atoms with Crippen LogP contribution < -0.4 is 0 Å². The fourth-order valence-electron chi connectivity index (χ4n) is 1.88. The standard InChI is InChI=1S/C14H22.C6H6O/c1-13(2,3)11-8-7-9-12(10-11)14(4,5)6;7-6-4-2-1-3-5-6/h7-10H,1-6H3;1-5,7H. The molecule has 0 aromatic heterocycles. The first-order chi connectivity index (χ1) is 9.60. The Hall–Kier alpha value is -1.76. The summed E-state index contributed by atoms with van der Waals surface area (Å²) in [7, 11) is 0. The SMILES string of the molecule is CC(C)(C)c1cccc(C(C)(C)C)c1.Oc1ccccc1. The molecule has 0 saturated heterocycles. The molecule has 0 fully saturated rings. The van der Waals surface area contributed by atoms with E-state index in [-0.39, 0.29) is 10.8 Å². The van der Waals surface area contributed by atoms with Crippen LogP contribution in [0.25, 0.3) is 0 Å². The van der Waals surface area contributed by atoms with E-state index in [1.807, 2.05) is 6.07 Å². The molecule has 0 bridgehead atoms. The molecule has 0 unspecified atom stereocenters. The predicted octanol–water partition coefficient (Wildman–Crippen LogP) is 5.67. The minimum Gasteiger partial charge on any atom is -0.508 e. The monoisotopic (exact) mass is 284 g/mol. The zero-order valence-electron chi connectivity index (χ0n) is 14.1. The van der Waals surface area contributed by atoms with E-state index in [4.69, 9.17) is 5.11 Å². The van der Waals surface area contributed by atoms with Crippen molar-refractivity contribution in [2.75, 3.05) is 0 Å². The molecule has 0 aliphatic carbocycles. The average Bonchev–Trinajstić information content (AvgIpc) is 2.38.